The van der Waals surface area contributed by atoms with Gasteiger partial charge in [0.25, 0.3) is 0 Å². The Morgan fingerprint density at radius 2 is 1.72 bits per heavy atom. The largest absolute Gasteiger partial charge is 0.288 e. The number of hydrogen-bond donors (Lipinski definition) is 0. The highest BCUT2D eigenvalue weighted by Gasteiger charge is 2.18. The van der Waals surface area contributed by atoms with E-state index in [-0.39, 0.29) is 5.56 Å². The molecule has 0 bridgehead atoms. The second-order valence-electron chi connectivity index (χ2n) is 4.25. The molecule has 0 amide bonds. The van der Waals surface area contributed by atoms with E-state index in [1.165, 1.54) is 12.1 Å². The van der Waals surface area contributed by atoms with Crippen LogP contribution in [-0.4, -0.2) is 5.78 Å². The van der Waals surface area contributed by atoms with E-state index in [0.29, 0.717) is 5.56 Å². The average Bonchev–Trinajstić information content (AvgIpc) is 2.35. The molecule has 0 aromatic heterocycles. The molecule has 0 spiro atoms. The number of aryl methyl sites for hydroxylation is 2. The van der Waals surface area contributed by atoms with Crippen molar-refractivity contribution in [3.63, 3.8) is 0 Å². The standard InChI is InChI=1S/C15H12F2O/c1-9-6-7-10(2)12(8-9)15(18)11-4-3-5-13(16)14(11)17/h3-8H,1-2H3. The topological polar surface area (TPSA) is 17.1 Å². The summed E-state index contributed by atoms with van der Waals surface area (Å²) in [5.41, 5.74) is 1.82. The van der Waals surface area contributed by atoms with Crippen LogP contribution in [0.1, 0.15) is 27.0 Å². The van der Waals surface area contributed by atoms with Gasteiger partial charge in [0.15, 0.2) is 17.4 Å². The predicted octanol–water partition coefficient (Wildman–Crippen LogP) is 3.81. The van der Waals surface area contributed by atoms with Crippen LogP contribution in [0, 0.1) is 25.5 Å². The minimum absolute atomic E-state index is 0.233. The molecular formula is C15H12F2O. The molecule has 0 aliphatic carbocycles. The van der Waals surface area contributed by atoms with Crippen molar-refractivity contribution in [1.82, 2.24) is 0 Å². The first-order valence-corrected chi connectivity index (χ1v) is 5.56. The summed E-state index contributed by atoms with van der Waals surface area (Å²) >= 11 is 0. The zero-order valence-corrected chi connectivity index (χ0v) is 10.1. The molecule has 0 aliphatic heterocycles. The fourth-order valence-corrected chi connectivity index (χ4v) is 1.80. The molecule has 3 heteroatoms. The van der Waals surface area contributed by atoms with Crippen molar-refractivity contribution in [2.75, 3.05) is 0 Å². The normalized spacial score (nSPS) is 10.4. The van der Waals surface area contributed by atoms with Gasteiger partial charge in [0.1, 0.15) is 0 Å². The van der Waals surface area contributed by atoms with Crippen molar-refractivity contribution in [3.05, 3.63) is 70.3 Å². The highest BCUT2D eigenvalue weighted by molar-refractivity contribution is 6.10. The van der Waals surface area contributed by atoms with E-state index in [1.807, 2.05) is 13.0 Å². The Hall–Kier alpha value is -2.03. The fourth-order valence-electron chi connectivity index (χ4n) is 1.80. The number of carbonyl (C=O) groups is 1. The average molecular weight is 246 g/mol. The lowest BCUT2D eigenvalue weighted by atomic mass is 9.97. The SMILES string of the molecule is Cc1ccc(C)c(C(=O)c2cccc(F)c2F)c1. The molecule has 0 unspecified atom stereocenters. The molecule has 0 radical (unpaired) electrons. The van der Waals surface area contributed by atoms with Crippen molar-refractivity contribution < 1.29 is 13.6 Å². The zero-order chi connectivity index (χ0) is 13.3. The first-order valence-electron chi connectivity index (χ1n) is 5.56. The molecule has 0 saturated carbocycles. The molecule has 2 rings (SSSR count). The summed E-state index contributed by atoms with van der Waals surface area (Å²) in [6.07, 6.45) is 0. The molecule has 0 atom stereocenters. The number of rotatable bonds is 2. The fraction of sp³-hybridized carbons (Fsp3) is 0.133. The van der Waals surface area contributed by atoms with E-state index in [0.717, 1.165) is 17.2 Å². The third kappa shape index (κ3) is 2.16. The Morgan fingerprint density at radius 3 is 2.44 bits per heavy atom. The molecule has 2 aromatic carbocycles. The van der Waals surface area contributed by atoms with E-state index < -0.39 is 17.4 Å². The van der Waals surface area contributed by atoms with Crippen molar-refractivity contribution in [2.24, 2.45) is 0 Å². The first kappa shape index (κ1) is 12.4. The monoisotopic (exact) mass is 246 g/mol. The second-order valence-corrected chi connectivity index (χ2v) is 4.25. The van der Waals surface area contributed by atoms with Gasteiger partial charge in [-0.05, 0) is 37.6 Å². The van der Waals surface area contributed by atoms with Gasteiger partial charge in [-0.25, -0.2) is 8.78 Å². The Bertz CT molecular complexity index is 614. The van der Waals surface area contributed by atoms with Crippen LogP contribution >= 0.6 is 0 Å². The van der Waals surface area contributed by atoms with Crippen LogP contribution in [-0.2, 0) is 0 Å². The molecule has 0 heterocycles. The van der Waals surface area contributed by atoms with Gasteiger partial charge in [0.05, 0.1) is 5.56 Å². The van der Waals surface area contributed by atoms with Crippen LogP contribution in [0.25, 0.3) is 0 Å². The summed E-state index contributed by atoms with van der Waals surface area (Å²) in [4.78, 5) is 12.2. The molecule has 1 nitrogen and oxygen atoms in total. The maximum Gasteiger partial charge on any atom is 0.196 e. The third-order valence-corrected chi connectivity index (χ3v) is 2.83. The minimum atomic E-state index is -1.09. The molecule has 0 N–H and O–H groups in total. The number of carbonyl (C=O) groups excluding carboxylic acids is 1. The summed E-state index contributed by atoms with van der Waals surface area (Å²) in [6.45, 7) is 3.61. The van der Waals surface area contributed by atoms with E-state index >= 15 is 0 Å². The van der Waals surface area contributed by atoms with Gasteiger partial charge in [0, 0.05) is 5.56 Å². The minimum Gasteiger partial charge on any atom is -0.288 e. The van der Waals surface area contributed by atoms with E-state index in [4.69, 9.17) is 0 Å². The van der Waals surface area contributed by atoms with Gasteiger partial charge in [-0.1, -0.05) is 23.8 Å². The predicted molar refractivity (Wildman–Crippen MR) is 65.7 cm³/mol. The quantitative estimate of drug-likeness (QED) is 0.736. The maximum absolute atomic E-state index is 13.6. The van der Waals surface area contributed by atoms with Crippen LogP contribution < -0.4 is 0 Å². The van der Waals surface area contributed by atoms with Gasteiger partial charge in [-0.15, -0.1) is 0 Å². The molecule has 92 valence electrons. The van der Waals surface area contributed by atoms with Crippen LogP contribution in [0.5, 0.6) is 0 Å². The first-order chi connectivity index (χ1) is 8.50. The summed E-state index contributed by atoms with van der Waals surface area (Å²) in [5, 5.41) is 0. The summed E-state index contributed by atoms with van der Waals surface area (Å²) in [7, 11) is 0. The summed E-state index contributed by atoms with van der Waals surface area (Å²) in [5.74, 6) is -2.59. The van der Waals surface area contributed by atoms with E-state index in [2.05, 4.69) is 0 Å². The lowest BCUT2D eigenvalue weighted by Gasteiger charge is -2.07. The Kier molecular flexibility index (Phi) is 3.24. The van der Waals surface area contributed by atoms with Crippen molar-refractivity contribution in [2.45, 2.75) is 13.8 Å². The van der Waals surface area contributed by atoms with E-state index in [9.17, 15) is 13.6 Å². The van der Waals surface area contributed by atoms with Crippen LogP contribution in [0.2, 0.25) is 0 Å². The highest BCUT2D eigenvalue weighted by Crippen LogP contribution is 2.19. The van der Waals surface area contributed by atoms with E-state index in [1.54, 1.807) is 19.1 Å². The molecular weight excluding hydrogens is 234 g/mol. The summed E-state index contributed by atoms with van der Waals surface area (Å²) in [6, 6.07) is 8.96. The smallest absolute Gasteiger partial charge is 0.196 e. The van der Waals surface area contributed by atoms with Crippen molar-refractivity contribution >= 4 is 5.78 Å². The second kappa shape index (κ2) is 4.69. The Morgan fingerprint density at radius 1 is 1.00 bits per heavy atom. The lowest BCUT2D eigenvalue weighted by Crippen LogP contribution is -2.07. The number of benzene rings is 2. The number of hydrogen-bond acceptors (Lipinski definition) is 1. The number of halogens is 2. The zero-order valence-electron chi connectivity index (χ0n) is 10.1. The van der Waals surface area contributed by atoms with Gasteiger partial charge in [-0.2, -0.15) is 0 Å². The van der Waals surface area contributed by atoms with Crippen LogP contribution in [0.15, 0.2) is 36.4 Å². The van der Waals surface area contributed by atoms with Gasteiger partial charge < -0.3 is 0 Å². The van der Waals surface area contributed by atoms with Crippen LogP contribution in [0.3, 0.4) is 0 Å². The van der Waals surface area contributed by atoms with Gasteiger partial charge in [0.2, 0.25) is 0 Å². The van der Waals surface area contributed by atoms with Crippen molar-refractivity contribution in [1.29, 1.82) is 0 Å². The molecule has 0 saturated heterocycles. The van der Waals surface area contributed by atoms with Gasteiger partial charge in [-0.3, -0.25) is 4.79 Å². The maximum atomic E-state index is 13.6. The Labute approximate surface area is 104 Å². The van der Waals surface area contributed by atoms with Gasteiger partial charge >= 0.3 is 0 Å². The summed E-state index contributed by atoms with van der Waals surface area (Å²) < 4.78 is 26.7. The molecule has 2 aromatic rings. The third-order valence-electron chi connectivity index (χ3n) is 2.83. The number of ketones is 1. The van der Waals surface area contributed by atoms with Crippen molar-refractivity contribution in [3.8, 4) is 0 Å². The molecule has 0 fully saturated rings. The van der Waals surface area contributed by atoms with Crippen LogP contribution in [0.4, 0.5) is 8.78 Å². The lowest BCUT2D eigenvalue weighted by molar-refractivity contribution is 0.103. The molecule has 0 aliphatic rings. The molecule has 18 heavy (non-hydrogen) atoms. The Balaban J connectivity index is 2.55. The highest BCUT2D eigenvalue weighted by atomic mass is 19.2.